The largest absolute Gasteiger partial charge is 0.493 e. The number of carbonyl (C=O) groups is 1. The average molecular weight is 354 g/mol. The number of anilines is 1. The molecule has 3 aromatic rings. The van der Waals surface area contributed by atoms with E-state index in [1.54, 1.807) is 18.2 Å². The van der Waals surface area contributed by atoms with E-state index in [-0.39, 0.29) is 11.1 Å². The molecule has 7 heteroatoms. The number of hydrogen-bond acceptors (Lipinski definition) is 6. The predicted octanol–water partition coefficient (Wildman–Crippen LogP) is 3.60. The maximum atomic E-state index is 12.5. The van der Waals surface area contributed by atoms with E-state index < -0.39 is 11.5 Å². The van der Waals surface area contributed by atoms with Crippen molar-refractivity contribution in [2.24, 2.45) is 0 Å². The normalized spacial score (nSPS) is 10.5. The number of ether oxygens (including phenoxy) is 1. The highest BCUT2D eigenvalue weighted by molar-refractivity contribution is 7.16. The van der Waals surface area contributed by atoms with Gasteiger partial charge in [-0.3, -0.25) is 4.79 Å². The Hall–Kier alpha value is -3.11. The molecule has 126 valence electrons. The Balaban J connectivity index is 2.04. The Labute approximate surface area is 147 Å². The second-order valence-corrected chi connectivity index (χ2v) is 6.60. The predicted molar refractivity (Wildman–Crippen MR) is 95.5 cm³/mol. The number of nitriles is 1. The number of rotatable bonds is 3. The van der Waals surface area contributed by atoms with Gasteiger partial charge in [0.2, 0.25) is 0 Å². The van der Waals surface area contributed by atoms with Crippen molar-refractivity contribution in [1.82, 2.24) is 0 Å². The highest BCUT2D eigenvalue weighted by Gasteiger charge is 2.19. The van der Waals surface area contributed by atoms with E-state index in [1.165, 1.54) is 24.5 Å². The van der Waals surface area contributed by atoms with Gasteiger partial charge in [-0.2, -0.15) is 5.26 Å². The van der Waals surface area contributed by atoms with Crippen molar-refractivity contribution >= 4 is 33.2 Å². The molecular formula is C18H14N2O4S. The second kappa shape index (κ2) is 6.42. The van der Waals surface area contributed by atoms with Crippen LogP contribution in [0.3, 0.4) is 0 Å². The molecule has 2 heterocycles. The molecule has 0 saturated carbocycles. The molecule has 0 aliphatic heterocycles. The number of benzene rings is 1. The molecule has 0 spiro atoms. The Morgan fingerprint density at radius 1 is 1.36 bits per heavy atom. The first-order valence-electron chi connectivity index (χ1n) is 7.38. The molecule has 1 amide bonds. The lowest BCUT2D eigenvalue weighted by atomic mass is 10.1. The molecule has 0 atom stereocenters. The minimum atomic E-state index is -0.766. The Morgan fingerprint density at radius 3 is 2.80 bits per heavy atom. The molecule has 0 bridgehead atoms. The number of nitrogens with zero attached hydrogens (tertiary/aromatic N) is 1. The molecule has 6 nitrogen and oxygen atoms in total. The molecule has 0 aliphatic rings. The van der Waals surface area contributed by atoms with Crippen LogP contribution in [0.1, 0.15) is 26.4 Å². The van der Waals surface area contributed by atoms with Crippen molar-refractivity contribution in [3.8, 4) is 11.8 Å². The molecule has 3 rings (SSSR count). The first-order valence-corrected chi connectivity index (χ1v) is 8.20. The topological polar surface area (TPSA) is 92.3 Å². The maximum absolute atomic E-state index is 12.5. The van der Waals surface area contributed by atoms with Crippen LogP contribution in [0.25, 0.3) is 11.0 Å². The van der Waals surface area contributed by atoms with E-state index in [2.05, 4.69) is 11.4 Å². The van der Waals surface area contributed by atoms with Crippen LogP contribution in [-0.2, 0) is 0 Å². The van der Waals surface area contributed by atoms with Gasteiger partial charge in [0, 0.05) is 10.3 Å². The molecular weight excluding hydrogens is 340 g/mol. The Morgan fingerprint density at radius 2 is 2.12 bits per heavy atom. The fourth-order valence-electron chi connectivity index (χ4n) is 2.46. The van der Waals surface area contributed by atoms with Crippen LogP contribution in [0.5, 0.6) is 5.75 Å². The summed E-state index contributed by atoms with van der Waals surface area (Å²) in [6, 6.07) is 8.66. The standard InChI is InChI=1S/C18H14N2O4S/c1-9-10(2)25-17(13(9)8-19)20-16(21)12-7-11-5-4-6-14(23-3)15(11)24-18(12)22/h4-7H,1-3H3,(H,20,21). The lowest BCUT2D eigenvalue weighted by Gasteiger charge is -2.06. The summed E-state index contributed by atoms with van der Waals surface area (Å²) in [6.45, 7) is 3.68. The van der Waals surface area contributed by atoms with Crippen molar-refractivity contribution < 1.29 is 13.9 Å². The van der Waals surface area contributed by atoms with Gasteiger partial charge in [0.1, 0.15) is 16.6 Å². The second-order valence-electron chi connectivity index (χ2n) is 5.38. The molecule has 1 aromatic carbocycles. The first-order chi connectivity index (χ1) is 12.0. The highest BCUT2D eigenvalue weighted by Crippen LogP contribution is 2.32. The van der Waals surface area contributed by atoms with Gasteiger partial charge in [0.25, 0.3) is 5.91 Å². The zero-order valence-corrected chi connectivity index (χ0v) is 14.6. The van der Waals surface area contributed by atoms with Gasteiger partial charge in [-0.05, 0) is 31.5 Å². The molecule has 25 heavy (non-hydrogen) atoms. The van der Waals surface area contributed by atoms with Crippen LogP contribution in [0.4, 0.5) is 5.00 Å². The monoisotopic (exact) mass is 354 g/mol. The number of para-hydroxylation sites is 1. The van der Waals surface area contributed by atoms with Crippen LogP contribution in [0, 0.1) is 25.2 Å². The SMILES string of the molecule is COc1cccc2cc(C(=O)Nc3sc(C)c(C)c3C#N)c(=O)oc12. The third kappa shape index (κ3) is 2.88. The fourth-order valence-corrected chi connectivity index (χ4v) is 3.46. The lowest BCUT2D eigenvalue weighted by Crippen LogP contribution is -2.20. The third-order valence-electron chi connectivity index (χ3n) is 3.91. The number of amides is 1. The quantitative estimate of drug-likeness (QED) is 0.726. The fraction of sp³-hybridized carbons (Fsp3) is 0.167. The lowest BCUT2D eigenvalue weighted by molar-refractivity contribution is 0.102. The molecule has 0 unspecified atom stereocenters. The summed E-state index contributed by atoms with van der Waals surface area (Å²) in [5.74, 6) is -0.200. The third-order valence-corrected chi connectivity index (χ3v) is 5.04. The van der Waals surface area contributed by atoms with Gasteiger partial charge in [0.15, 0.2) is 11.3 Å². The van der Waals surface area contributed by atoms with Gasteiger partial charge in [-0.25, -0.2) is 4.79 Å². The zero-order chi connectivity index (χ0) is 18.1. The van der Waals surface area contributed by atoms with Gasteiger partial charge in [-0.1, -0.05) is 12.1 Å². The number of carbonyl (C=O) groups excluding carboxylic acids is 1. The summed E-state index contributed by atoms with van der Waals surface area (Å²) >= 11 is 1.30. The van der Waals surface area contributed by atoms with Crippen molar-refractivity contribution in [3.63, 3.8) is 0 Å². The Bertz CT molecular complexity index is 1090. The number of thiophene rings is 1. The van der Waals surface area contributed by atoms with Crippen molar-refractivity contribution in [2.45, 2.75) is 13.8 Å². The zero-order valence-electron chi connectivity index (χ0n) is 13.8. The number of methoxy groups -OCH3 is 1. The first kappa shape index (κ1) is 16.7. The summed E-state index contributed by atoms with van der Waals surface area (Å²) in [4.78, 5) is 25.7. The molecule has 0 aliphatic carbocycles. The molecule has 1 N–H and O–H groups in total. The van der Waals surface area contributed by atoms with Crippen LogP contribution < -0.4 is 15.7 Å². The van der Waals surface area contributed by atoms with Crippen molar-refractivity contribution in [2.75, 3.05) is 12.4 Å². The van der Waals surface area contributed by atoms with Crippen molar-refractivity contribution in [3.05, 3.63) is 56.3 Å². The van der Waals surface area contributed by atoms with E-state index in [1.807, 2.05) is 13.8 Å². The molecule has 0 saturated heterocycles. The summed E-state index contributed by atoms with van der Waals surface area (Å²) in [5.41, 5.74) is 0.610. The summed E-state index contributed by atoms with van der Waals surface area (Å²) in [5, 5.41) is 12.9. The average Bonchev–Trinajstić information content (AvgIpc) is 2.86. The van der Waals surface area contributed by atoms with E-state index in [4.69, 9.17) is 9.15 Å². The number of fused-ring (bicyclic) bond motifs is 1. The van der Waals surface area contributed by atoms with Crippen LogP contribution >= 0.6 is 11.3 Å². The maximum Gasteiger partial charge on any atom is 0.349 e. The van der Waals surface area contributed by atoms with E-state index in [9.17, 15) is 14.9 Å². The van der Waals surface area contributed by atoms with Crippen LogP contribution in [0.2, 0.25) is 0 Å². The molecule has 0 radical (unpaired) electrons. The number of aryl methyl sites for hydroxylation is 1. The van der Waals surface area contributed by atoms with Gasteiger partial charge >= 0.3 is 5.63 Å². The van der Waals surface area contributed by atoms with Gasteiger partial charge in [0.05, 0.1) is 12.7 Å². The Kier molecular flexibility index (Phi) is 4.30. The highest BCUT2D eigenvalue weighted by atomic mass is 32.1. The number of nitrogens with one attached hydrogen (secondary N) is 1. The summed E-state index contributed by atoms with van der Waals surface area (Å²) in [7, 11) is 1.47. The van der Waals surface area contributed by atoms with Gasteiger partial charge in [-0.15, -0.1) is 11.3 Å². The molecule has 2 aromatic heterocycles. The summed E-state index contributed by atoms with van der Waals surface area (Å²) in [6.07, 6.45) is 0. The smallest absolute Gasteiger partial charge is 0.349 e. The molecule has 0 fully saturated rings. The van der Waals surface area contributed by atoms with E-state index >= 15 is 0 Å². The minimum Gasteiger partial charge on any atom is -0.493 e. The van der Waals surface area contributed by atoms with Crippen LogP contribution in [0.15, 0.2) is 33.5 Å². The van der Waals surface area contributed by atoms with E-state index in [0.717, 1.165) is 10.4 Å². The van der Waals surface area contributed by atoms with Crippen molar-refractivity contribution in [1.29, 1.82) is 5.26 Å². The minimum absolute atomic E-state index is 0.131. The number of hydrogen-bond donors (Lipinski definition) is 1. The van der Waals surface area contributed by atoms with Crippen LogP contribution in [-0.4, -0.2) is 13.0 Å². The van der Waals surface area contributed by atoms with E-state index in [0.29, 0.717) is 21.7 Å². The summed E-state index contributed by atoms with van der Waals surface area (Å²) < 4.78 is 10.4. The van der Waals surface area contributed by atoms with Gasteiger partial charge < -0.3 is 14.5 Å².